The van der Waals surface area contributed by atoms with Gasteiger partial charge in [-0.05, 0) is 25.7 Å². The number of fused-ring (bicyclic) bond motifs is 1. The van der Waals surface area contributed by atoms with Crippen LogP contribution < -0.4 is 4.90 Å². The molecule has 2 aromatic heterocycles. The van der Waals surface area contributed by atoms with Gasteiger partial charge in [-0.2, -0.15) is 5.10 Å². The molecular formula is C19H23N5O. The van der Waals surface area contributed by atoms with E-state index in [4.69, 9.17) is 4.98 Å². The molecule has 0 saturated carbocycles. The maximum Gasteiger partial charge on any atom is 0.202 e. The molecule has 3 aromatic rings. The number of hydrogen-bond acceptors (Lipinski definition) is 5. The van der Waals surface area contributed by atoms with E-state index in [1.54, 1.807) is 0 Å². The molecule has 25 heavy (non-hydrogen) atoms. The topological polar surface area (TPSA) is 77.9 Å². The van der Waals surface area contributed by atoms with E-state index in [-0.39, 0.29) is 0 Å². The Morgan fingerprint density at radius 1 is 1.20 bits per heavy atom. The van der Waals surface area contributed by atoms with Gasteiger partial charge < -0.3 is 10.0 Å². The molecular weight excluding hydrogens is 314 g/mol. The molecule has 130 valence electrons. The SMILES string of the molecule is CCC1(O)CCCN(c2cnc3c(-c4ccccc4)[nH]nc3n2)CC1. The number of aliphatic hydroxyl groups is 1. The third kappa shape index (κ3) is 3.09. The maximum atomic E-state index is 10.5. The van der Waals surface area contributed by atoms with Crippen LogP contribution in [0.5, 0.6) is 0 Å². The highest BCUT2D eigenvalue weighted by Crippen LogP contribution is 2.29. The summed E-state index contributed by atoms with van der Waals surface area (Å²) in [6.45, 7) is 3.73. The zero-order valence-corrected chi connectivity index (χ0v) is 14.4. The molecule has 6 nitrogen and oxygen atoms in total. The highest BCUT2D eigenvalue weighted by molar-refractivity contribution is 5.87. The summed E-state index contributed by atoms with van der Waals surface area (Å²) < 4.78 is 0. The first-order chi connectivity index (χ1) is 12.2. The standard InChI is InChI=1S/C19H23N5O/c1-2-19(25)9-6-11-24(12-10-19)15-13-20-17-16(22-23-18(17)21-15)14-7-4-3-5-8-14/h3-5,7-8,13,25H,2,6,9-12H2,1H3,(H,21,22,23). The monoisotopic (exact) mass is 337 g/mol. The van der Waals surface area contributed by atoms with Gasteiger partial charge in [0, 0.05) is 18.7 Å². The van der Waals surface area contributed by atoms with E-state index in [1.807, 2.05) is 36.5 Å². The first-order valence-electron chi connectivity index (χ1n) is 8.92. The molecule has 4 rings (SSSR count). The fraction of sp³-hybridized carbons (Fsp3) is 0.421. The summed E-state index contributed by atoms with van der Waals surface area (Å²) in [4.78, 5) is 11.5. The summed E-state index contributed by atoms with van der Waals surface area (Å²) in [7, 11) is 0. The zero-order chi connectivity index (χ0) is 17.3. The van der Waals surface area contributed by atoms with Crippen molar-refractivity contribution in [1.82, 2.24) is 20.2 Å². The molecule has 0 spiro atoms. The van der Waals surface area contributed by atoms with Crippen molar-refractivity contribution in [2.24, 2.45) is 0 Å². The highest BCUT2D eigenvalue weighted by atomic mass is 16.3. The molecule has 0 bridgehead atoms. The molecule has 0 aliphatic carbocycles. The lowest BCUT2D eigenvalue weighted by Gasteiger charge is -2.25. The van der Waals surface area contributed by atoms with Crippen molar-refractivity contribution in [2.75, 3.05) is 18.0 Å². The van der Waals surface area contributed by atoms with Crippen molar-refractivity contribution in [2.45, 2.75) is 38.2 Å². The van der Waals surface area contributed by atoms with Crippen molar-refractivity contribution >= 4 is 17.0 Å². The Hall–Kier alpha value is -2.47. The van der Waals surface area contributed by atoms with Crippen LogP contribution in [0.1, 0.15) is 32.6 Å². The molecule has 1 saturated heterocycles. The normalized spacial score (nSPS) is 21.4. The van der Waals surface area contributed by atoms with Gasteiger partial charge in [0.15, 0.2) is 0 Å². The van der Waals surface area contributed by atoms with E-state index in [0.29, 0.717) is 5.65 Å². The number of H-pyrrole nitrogens is 1. The Kier molecular flexibility index (Phi) is 4.13. The predicted molar refractivity (Wildman–Crippen MR) is 98.4 cm³/mol. The quantitative estimate of drug-likeness (QED) is 0.767. The lowest BCUT2D eigenvalue weighted by Crippen LogP contribution is -2.30. The summed E-state index contributed by atoms with van der Waals surface area (Å²) >= 11 is 0. The van der Waals surface area contributed by atoms with Gasteiger partial charge in [0.05, 0.1) is 17.5 Å². The van der Waals surface area contributed by atoms with E-state index in [0.717, 1.165) is 61.4 Å². The average Bonchev–Trinajstić information content (AvgIpc) is 2.98. The van der Waals surface area contributed by atoms with E-state index >= 15 is 0 Å². The third-order valence-corrected chi connectivity index (χ3v) is 5.21. The van der Waals surface area contributed by atoms with Crippen LogP contribution >= 0.6 is 0 Å². The summed E-state index contributed by atoms with van der Waals surface area (Å²) in [5.41, 5.74) is 2.82. The van der Waals surface area contributed by atoms with Crippen LogP contribution in [0.15, 0.2) is 36.5 Å². The summed E-state index contributed by atoms with van der Waals surface area (Å²) in [6.07, 6.45) is 5.18. The zero-order valence-electron chi connectivity index (χ0n) is 14.4. The van der Waals surface area contributed by atoms with Gasteiger partial charge in [0.25, 0.3) is 0 Å². The van der Waals surface area contributed by atoms with Crippen molar-refractivity contribution in [3.8, 4) is 11.3 Å². The number of anilines is 1. The number of aromatic amines is 1. The van der Waals surface area contributed by atoms with Gasteiger partial charge in [-0.3, -0.25) is 5.10 Å². The molecule has 1 aromatic carbocycles. The third-order valence-electron chi connectivity index (χ3n) is 5.21. The molecule has 0 radical (unpaired) electrons. The number of nitrogens with one attached hydrogen (secondary N) is 1. The lowest BCUT2D eigenvalue weighted by molar-refractivity contribution is 0.0247. The highest BCUT2D eigenvalue weighted by Gasteiger charge is 2.28. The second-order valence-corrected chi connectivity index (χ2v) is 6.78. The Bertz CT molecular complexity index is 863. The Labute approximate surface area is 146 Å². The Morgan fingerprint density at radius 3 is 2.84 bits per heavy atom. The first kappa shape index (κ1) is 16.0. The molecule has 6 heteroatoms. The van der Waals surface area contributed by atoms with Gasteiger partial charge in [-0.25, -0.2) is 9.97 Å². The molecule has 1 aliphatic heterocycles. The van der Waals surface area contributed by atoms with Gasteiger partial charge >= 0.3 is 0 Å². The largest absolute Gasteiger partial charge is 0.390 e. The van der Waals surface area contributed by atoms with Gasteiger partial charge in [0.2, 0.25) is 5.65 Å². The summed E-state index contributed by atoms with van der Waals surface area (Å²) in [6, 6.07) is 10.0. The minimum absolute atomic E-state index is 0.543. The van der Waals surface area contributed by atoms with Crippen molar-refractivity contribution in [1.29, 1.82) is 0 Å². The van der Waals surface area contributed by atoms with Gasteiger partial charge in [0.1, 0.15) is 11.3 Å². The van der Waals surface area contributed by atoms with Gasteiger partial charge in [-0.1, -0.05) is 37.3 Å². The van der Waals surface area contributed by atoms with Crippen LogP contribution in [0.25, 0.3) is 22.4 Å². The van der Waals surface area contributed by atoms with Crippen molar-refractivity contribution < 1.29 is 5.11 Å². The second kappa shape index (κ2) is 6.44. The van der Waals surface area contributed by atoms with Crippen LogP contribution in [0.4, 0.5) is 5.82 Å². The van der Waals surface area contributed by atoms with E-state index < -0.39 is 5.60 Å². The lowest BCUT2D eigenvalue weighted by atomic mass is 9.92. The second-order valence-electron chi connectivity index (χ2n) is 6.78. The smallest absolute Gasteiger partial charge is 0.202 e. The molecule has 1 atom stereocenters. The van der Waals surface area contributed by atoms with Crippen LogP contribution in [-0.4, -0.2) is 44.0 Å². The minimum Gasteiger partial charge on any atom is -0.390 e. The maximum absolute atomic E-state index is 10.5. The van der Waals surface area contributed by atoms with E-state index in [9.17, 15) is 5.11 Å². The number of hydrogen-bond donors (Lipinski definition) is 2. The number of aromatic nitrogens is 4. The minimum atomic E-state index is -0.543. The van der Waals surface area contributed by atoms with Crippen LogP contribution in [0.2, 0.25) is 0 Å². The van der Waals surface area contributed by atoms with Gasteiger partial charge in [-0.15, -0.1) is 0 Å². The molecule has 1 aliphatic rings. The van der Waals surface area contributed by atoms with Crippen molar-refractivity contribution in [3.05, 3.63) is 36.5 Å². The Morgan fingerprint density at radius 2 is 2.04 bits per heavy atom. The molecule has 1 fully saturated rings. The van der Waals surface area contributed by atoms with Crippen LogP contribution in [-0.2, 0) is 0 Å². The van der Waals surface area contributed by atoms with E-state index in [1.165, 1.54) is 0 Å². The number of nitrogens with zero attached hydrogens (tertiary/aromatic N) is 4. The average molecular weight is 337 g/mol. The first-order valence-corrected chi connectivity index (χ1v) is 8.92. The molecule has 3 heterocycles. The van der Waals surface area contributed by atoms with Crippen molar-refractivity contribution in [3.63, 3.8) is 0 Å². The fourth-order valence-corrected chi connectivity index (χ4v) is 3.51. The predicted octanol–water partition coefficient (Wildman–Crippen LogP) is 3.15. The van der Waals surface area contributed by atoms with Crippen LogP contribution in [0.3, 0.4) is 0 Å². The van der Waals surface area contributed by atoms with Crippen LogP contribution in [0, 0.1) is 0 Å². The molecule has 1 unspecified atom stereocenters. The summed E-state index contributed by atoms with van der Waals surface area (Å²) in [5.74, 6) is 0.832. The van der Waals surface area contributed by atoms with E-state index in [2.05, 4.69) is 27.0 Å². The number of rotatable bonds is 3. The molecule has 0 amide bonds. The summed E-state index contributed by atoms with van der Waals surface area (Å²) in [5, 5.41) is 18.0. The molecule has 2 N–H and O–H groups in total. The number of benzene rings is 1. The fourth-order valence-electron chi connectivity index (χ4n) is 3.51. The Balaban J connectivity index is 1.62.